The van der Waals surface area contributed by atoms with Crippen molar-refractivity contribution in [3.8, 4) is 5.69 Å². The molecule has 1 aromatic carbocycles. The molecule has 0 bridgehead atoms. The number of benzene rings is 1. The Balaban J connectivity index is 1.86. The van der Waals surface area contributed by atoms with Gasteiger partial charge in [-0.2, -0.15) is 5.10 Å². The third-order valence-corrected chi connectivity index (χ3v) is 3.36. The van der Waals surface area contributed by atoms with Crippen molar-refractivity contribution in [3.05, 3.63) is 71.4 Å². The van der Waals surface area contributed by atoms with Crippen molar-refractivity contribution < 1.29 is 0 Å². The summed E-state index contributed by atoms with van der Waals surface area (Å²) in [4.78, 5) is 8.27. The van der Waals surface area contributed by atoms with E-state index in [1.54, 1.807) is 18.7 Å². The second-order valence-electron chi connectivity index (χ2n) is 4.71. The number of pyridine rings is 1. The molecule has 0 amide bonds. The fraction of sp³-hybridized carbons (Fsp3) is 0.0625. The Kier molecular flexibility index (Phi) is 4.16. The molecule has 0 radical (unpaired) electrons. The summed E-state index contributed by atoms with van der Waals surface area (Å²) in [6.45, 7) is 2.04. The fourth-order valence-electron chi connectivity index (χ4n) is 2.02. The summed E-state index contributed by atoms with van der Waals surface area (Å²) in [6.07, 6.45) is 5.01. The summed E-state index contributed by atoms with van der Waals surface area (Å²) in [5.74, 6) is 0.663. The number of hydrogen-bond acceptors (Lipinski definition) is 4. The van der Waals surface area contributed by atoms with Gasteiger partial charge in [0, 0.05) is 11.9 Å². The first-order valence-corrected chi connectivity index (χ1v) is 7.12. The Morgan fingerprint density at radius 2 is 2.09 bits per heavy atom. The van der Waals surface area contributed by atoms with E-state index in [2.05, 4.69) is 26.6 Å². The molecule has 2 heterocycles. The van der Waals surface area contributed by atoms with Crippen molar-refractivity contribution >= 4 is 23.6 Å². The first-order valence-electron chi connectivity index (χ1n) is 6.74. The Morgan fingerprint density at radius 1 is 1.18 bits per heavy atom. The summed E-state index contributed by atoms with van der Waals surface area (Å²) in [6, 6.07) is 13.6. The molecule has 0 atom stereocenters. The number of hydrazone groups is 1. The summed E-state index contributed by atoms with van der Waals surface area (Å²) in [7, 11) is 0. The predicted octanol–water partition coefficient (Wildman–Crippen LogP) is 3.68. The van der Waals surface area contributed by atoms with Gasteiger partial charge in [-0.3, -0.25) is 9.99 Å². The highest BCUT2D eigenvalue weighted by molar-refractivity contribution is 6.31. The number of imidazole rings is 1. The highest BCUT2D eigenvalue weighted by atomic mass is 35.5. The number of hydrogen-bond donors (Lipinski definition) is 1. The van der Waals surface area contributed by atoms with Gasteiger partial charge in [0.1, 0.15) is 17.8 Å². The molecule has 0 spiro atoms. The van der Waals surface area contributed by atoms with Gasteiger partial charge in [0.15, 0.2) is 5.15 Å². The molecule has 0 saturated carbocycles. The lowest BCUT2D eigenvalue weighted by molar-refractivity contribution is 1.04. The van der Waals surface area contributed by atoms with E-state index in [1.807, 2.05) is 47.9 Å². The molecule has 3 rings (SSSR count). The average molecular weight is 312 g/mol. The van der Waals surface area contributed by atoms with Gasteiger partial charge in [-0.1, -0.05) is 29.8 Å². The summed E-state index contributed by atoms with van der Waals surface area (Å²) >= 11 is 6.15. The van der Waals surface area contributed by atoms with Crippen LogP contribution in [0.25, 0.3) is 5.69 Å². The maximum atomic E-state index is 6.15. The van der Waals surface area contributed by atoms with Gasteiger partial charge < -0.3 is 0 Å². The van der Waals surface area contributed by atoms with E-state index in [9.17, 15) is 0 Å². The smallest absolute Gasteiger partial charge is 0.156 e. The van der Waals surface area contributed by atoms with Crippen LogP contribution in [0.4, 0.5) is 5.82 Å². The van der Waals surface area contributed by atoms with Crippen LogP contribution in [-0.4, -0.2) is 20.7 Å². The average Bonchev–Trinajstić information content (AvgIpc) is 2.90. The minimum atomic E-state index is 0.396. The van der Waals surface area contributed by atoms with Gasteiger partial charge in [-0.15, -0.1) is 0 Å². The molecule has 0 aliphatic rings. The van der Waals surface area contributed by atoms with E-state index in [0.29, 0.717) is 16.7 Å². The van der Waals surface area contributed by atoms with Crippen LogP contribution >= 0.6 is 11.6 Å². The number of anilines is 1. The summed E-state index contributed by atoms with van der Waals surface area (Å²) in [5, 5.41) is 4.57. The van der Waals surface area contributed by atoms with Crippen LogP contribution in [0.5, 0.6) is 0 Å². The number of aromatic nitrogens is 3. The normalized spacial score (nSPS) is 11.0. The van der Waals surface area contributed by atoms with Gasteiger partial charge in [0.05, 0.1) is 6.21 Å². The van der Waals surface area contributed by atoms with Crippen molar-refractivity contribution in [1.29, 1.82) is 0 Å². The topological polar surface area (TPSA) is 55.1 Å². The largest absolute Gasteiger partial charge is 0.297 e. The molecular formula is C16H14ClN5. The number of aryl methyl sites for hydroxylation is 1. The van der Waals surface area contributed by atoms with Crippen LogP contribution in [0, 0.1) is 6.92 Å². The van der Waals surface area contributed by atoms with Gasteiger partial charge in [0.2, 0.25) is 0 Å². The molecule has 0 unspecified atom stereocenters. The Bertz CT molecular complexity index is 795. The summed E-state index contributed by atoms with van der Waals surface area (Å²) < 4.78 is 1.89. The molecular weight excluding hydrogens is 298 g/mol. The van der Waals surface area contributed by atoms with Crippen molar-refractivity contribution in [2.45, 2.75) is 6.92 Å². The van der Waals surface area contributed by atoms with E-state index in [1.165, 1.54) is 0 Å². The number of halogens is 1. The Hall–Kier alpha value is -2.66. The van der Waals surface area contributed by atoms with E-state index < -0.39 is 0 Å². The SMILES string of the molecule is Cc1cccc(-n2cnc(Cl)c2C=NNc2ccccn2)c1. The van der Waals surface area contributed by atoms with Crippen LogP contribution in [-0.2, 0) is 0 Å². The molecule has 3 aromatic rings. The standard InChI is InChI=1S/C16H14ClN5/c1-12-5-4-6-13(9-12)22-11-19-16(17)14(22)10-20-21-15-7-2-3-8-18-15/h2-11H,1H3,(H,18,21). The minimum absolute atomic E-state index is 0.396. The molecule has 110 valence electrons. The van der Waals surface area contributed by atoms with E-state index in [-0.39, 0.29) is 0 Å². The number of rotatable bonds is 4. The predicted molar refractivity (Wildman–Crippen MR) is 88.8 cm³/mol. The van der Waals surface area contributed by atoms with Crippen LogP contribution < -0.4 is 5.43 Å². The molecule has 0 fully saturated rings. The maximum Gasteiger partial charge on any atom is 0.156 e. The van der Waals surface area contributed by atoms with Crippen molar-refractivity contribution in [2.75, 3.05) is 5.43 Å². The monoisotopic (exact) mass is 311 g/mol. The zero-order valence-corrected chi connectivity index (χ0v) is 12.7. The molecule has 0 saturated heterocycles. The summed E-state index contributed by atoms with van der Waals surface area (Å²) in [5.41, 5.74) is 5.71. The molecule has 6 heteroatoms. The van der Waals surface area contributed by atoms with Crippen LogP contribution in [0.15, 0.2) is 60.1 Å². The first kappa shape index (κ1) is 14.3. The maximum absolute atomic E-state index is 6.15. The lowest BCUT2D eigenvalue weighted by atomic mass is 10.2. The van der Waals surface area contributed by atoms with Crippen LogP contribution in [0.1, 0.15) is 11.3 Å². The van der Waals surface area contributed by atoms with Gasteiger partial charge in [-0.25, -0.2) is 9.97 Å². The molecule has 22 heavy (non-hydrogen) atoms. The lowest BCUT2D eigenvalue weighted by Crippen LogP contribution is -2.00. The molecule has 1 N–H and O–H groups in total. The number of nitrogens with one attached hydrogen (secondary N) is 1. The third-order valence-electron chi connectivity index (χ3n) is 3.07. The van der Waals surface area contributed by atoms with E-state index >= 15 is 0 Å². The molecule has 2 aromatic heterocycles. The van der Waals surface area contributed by atoms with Gasteiger partial charge in [-0.05, 0) is 36.8 Å². The zero-order valence-electron chi connectivity index (χ0n) is 11.9. The highest BCUT2D eigenvalue weighted by Gasteiger charge is 2.08. The van der Waals surface area contributed by atoms with Gasteiger partial charge >= 0.3 is 0 Å². The van der Waals surface area contributed by atoms with Gasteiger partial charge in [0.25, 0.3) is 0 Å². The fourth-order valence-corrected chi connectivity index (χ4v) is 2.21. The first-order chi connectivity index (χ1) is 10.7. The van der Waals surface area contributed by atoms with E-state index in [0.717, 1.165) is 11.3 Å². The van der Waals surface area contributed by atoms with Crippen LogP contribution in [0.3, 0.4) is 0 Å². The van der Waals surface area contributed by atoms with E-state index in [4.69, 9.17) is 11.6 Å². The highest BCUT2D eigenvalue weighted by Crippen LogP contribution is 2.18. The molecule has 0 aliphatic heterocycles. The van der Waals surface area contributed by atoms with Crippen molar-refractivity contribution in [1.82, 2.24) is 14.5 Å². The van der Waals surface area contributed by atoms with Crippen LogP contribution in [0.2, 0.25) is 5.15 Å². The number of nitrogens with zero attached hydrogens (tertiary/aromatic N) is 4. The molecule has 5 nitrogen and oxygen atoms in total. The third kappa shape index (κ3) is 3.15. The second kappa shape index (κ2) is 6.41. The second-order valence-corrected chi connectivity index (χ2v) is 5.07. The zero-order chi connectivity index (χ0) is 15.4. The Morgan fingerprint density at radius 3 is 2.86 bits per heavy atom. The van der Waals surface area contributed by atoms with Crippen molar-refractivity contribution in [3.63, 3.8) is 0 Å². The minimum Gasteiger partial charge on any atom is -0.297 e. The quantitative estimate of drug-likeness (QED) is 0.591. The van der Waals surface area contributed by atoms with Crippen molar-refractivity contribution in [2.24, 2.45) is 5.10 Å². The molecule has 0 aliphatic carbocycles. The Labute approximate surface area is 133 Å². The lowest BCUT2D eigenvalue weighted by Gasteiger charge is -2.06.